The van der Waals surface area contributed by atoms with Crippen LogP contribution in [0.2, 0.25) is 5.02 Å². The number of carboxylic acid groups (broad SMARTS) is 1. The zero-order valence-corrected chi connectivity index (χ0v) is 17.4. The standard InChI is InChI=1S/C25H26ClNO2/c1-2-3-16-27(17-19-8-14-23(26)15-9-19)18-22-6-4-5-7-24(22)20-10-12-21(13-11-20)25(28)29/h4-15H,2-3,16-18H2,1H3,(H,28,29). The van der Waals surface area contributed by atoms with Crippen molar-refractivity contribution in [3.63, 3.8) is 0 Å². The summed E-state index contributed by atoms with van der Waals surface area (Å²) in [6.45, 7) is 4.92. The lowest BCUT2D eigenvalue weighted by Crippen LogP contribution is -2.24. The van der Waals surface area contributed by atoms with Crippen LogP contribution in [0.5, 0.6) is 0 Å². The number of rotatable bonds is 9. The first-order chi connectivity index (χ1) is 14.1. The SMILES string of the molecule is CCCCN(Cc1ccc(Cl)cc1)Cc1ccccc1-c1ccc(C(=O)O)cc1. The van der Waals surface area contributed by atoms with E-state index in [4.69, 9.17) is 16.7 Å². The number of carboxylic acids is 1. The van der Waals surface area contributed by atoms with E-state index in [1.807, 2.05) is 30.3 Å². The summed E-state index contributed by atoms with van der Waals surface area (Å²) < 4.78 is 0. The van der Waals surface area contributed by atoms with Gasteiger partial charge in [0.25, 0.3) is 0 Å². The highest BCUT2D eigenvalue weighted by Gasteiger charge is 2.12. The van der Waals surface area contributed by atoms with Crippen LogP contribution in [0, 0.1) is 0 Å². The van der Waals surface area contributed by atoms with Crippen molar-refractivity contribution in [3.8, 4) is 11.1 Å². The molecule has 1 N–H and O–H groups in total. The minimum Gasteiger partial charge on any atom is -0.478 e. The molecule has 0 atom stereocenters. The predicted molar refractivity (Wildman–Crippen MR) is 119 cm³/mol. The van der Waals surface area contributed by atoms with Crippen molar-refractivity contribution in [3.05, 3.63) is 94.5 Å². The molecule has 0 aliphatic heterocycles. The first-order valence-electron chi connectivity index (χ1n) is 9.95. The zero-order valence-electron chi connectivity index (χ0n) is 16.6. The van der Waals surface area contributed by atoms with E-state index in [1.54, 1.807) is 12.1 Å². The maximum Gasteiger partial charge on any atom is 0.335 e. The Kier molecular flexibility index (Phi) is 7.45. The number of benzene rings is 3. The van der Waals surface area contributed by atoms with Crippen LogP contribution in [0.3, 0.4) is 0 Å². The van der Waals surface area contributed by atoms with Crippen molar-refractivity contribution in [2.75, 3.05) is 6.54 Å². The molecule has 4 heteroatoms. The lowest BCUT2D eigenvalue weighted by molar-refractivity contribution is 0.0697. The lowest BCUT2D eigenvalue weighted by atomic mass is 9.98. The molecule has 0 saturated carbocycles. The van der Waals surface area contributed by atoms with Gasteiger partial charge in [0.15, 0.2) is 0 Å². The van der Waals surface area contributed by atoms with E-state index in [2.05, 4.69) is 42.2 Å². The molecule has 0 fully saturated rings. The van der Waals surface area contributed by atoms with Crippen molar-refractivity contribution in [2.45, 2.75) is 32.9 Å². The third-order valence-corrected chi connectivity index (χ3v) is 5.25. The first-order valence-corrected chi connectivity index (χ1v) is 10.3. The summed E-state index contributed by atoms with van der Waals surface area (Å²) >= 11 is 6.03. The number of unbranched alkanes of at least 4 members (excludes halogenated alkanes) is 1. The van der Waals surface area contributed by atoms with Crippen molar-refractivity contribution in [1.82, 2.24) is 4.90 Å². The van der Waals surface area contributed by atoms with E-state index in [0.29, 0.717) is 5.56 Å². The number of hydrogen-bond acceptors (Lipinski definition) is 2. The lowest BCUT2D eigenvalue weighted by Gasteiger charge is -2.24. The van der Waals surface area contributed by atoms with Crippen LogP contribution in [0.4, 0.5) is 0 Å². The van der Waals surface area contributed by atoms with Gasteiger partial charge in [-0.3, -0.25) is 4.90 Å². The van der Waals surface area contributed by atoms with Gasteiger partial charge < -0.3 is 5.11 Å². The first kappa shape index (κ1) is 21.1. The molecule has 0 unspecified atom stereocenters. The summed E-state index contributed by atoms with van der Waals surface area (Å²) in [5, 5.41) is 9.90. The maximum absolute atomic E-state index is 11.1. The number of aromatic carboxylic acids is 1. The Hall–Kier alpha value is -2.62. The molecule has 0 spiro atoms. The quantitative estimate of drug-likeness (QED) is 0.439. The fraction of sp³-hybridized carbons (Fsp3) is 0.240. The van der Waals surface area contributed by atoms with E-state index in [1.165, 1.54) is 11.1 Å². The van der Waals surface area contributed by atoms with E-state index < -0.39 is 5.97 Å². The van der Waals surface area contributed by atoms with Crippen LogP contribution in [0.25, 0.3) is 11.1 Å². The van der Waals surface area contributed by atoms with E-state index >= 15 is 0 Å². The zero-order chi connectivity index (χ0) is 20.6. The molecule has 0 aliphatic carbocycles. The van der Waals surface area contributed by atoms with Gasteiger partial charge in [0.05, 0.1) is 5.56 Å². The van der Waals surface area contributed by atoms with Crippen LogP contribution in [-0.4, -0.2) is 22.5 Å². The molecule has 0 saturated heterocycles. The number of hydrogen-bond donors (Lipinski definition) is 1. The second-order valence-electron chi connectivity index (χ2n) is 7.23. The van der Waals surface area contributed by atoms with Gasteiger partial charge in [0.1, 0.15) is 0 Å². The Morgan fingerprint density at radius 1 is 0.931 bits per heavy atom. The summed E-state index contributed by atoms with van der Waals surface area (Å²) in [5.41, 5.74) is 4.96. The van der Waals surface area contributed by atoms with Gasteiger partial charge in [-0.2, -0.15) is 0 Å². The predicted octanol–water partition coefficient (Wildman–Crippen LogP) is 6.51. The Morgan fingerprint density at radius 2 is 1.62 bits per heavy atom. The Morgan fingerprint density at radius 3 is 2.28 bits per heavy atom. The number of carbonyl (C=O) groups is 1. The van der Waals surface area contributed by atoms with Gasteiger partial charge in [-0.1, -0.05) is 73.5 Å². The van der Waals surface area contributed by atoms with Crippen LogP contribution >= 0.6 is 11.6 Å². The average Bonchev–Trinajstić information content (AvgIpc) is 2.74. The Labute approximate surface area is 177 Å². The molecule has 3 rings (SSSR count). The van der Waals surface area contributed by atoms with Crippen molar-refractivity contribution in [2.24, 2.45) is 0 Å². The summed E-state index contributed by atoms with van der Waals surface area (Å²) in [4.78, 5) is 13.6. The van der Waals surface area contributed by atoms with Crippen molar-refractivity contribution in [1.29, 1.82) is 0 Å². The number of halogens is 1. The summed E-state index contributed by atoms with van der Waals surface area (Å²) in [7, 11) is 0. The van der Waals surface area contributed by atoms with Crippen molar-refractivity contribution < 1.29 is 9.90 Å². The van der Waals surface area contributed by atoms with Gasteiger partial charge in [-0.05, 0) is 59.5 Å². The van der Waals surface area contributed by atoms with E-state index in [9.17, 15) is 4.79 Å². The van der Waals surface area contributed by atoms with Gasteiger partial charge in [0.2, 0.25) is 0 Å². The highest BCUT2D eigenvalue weighted by molar-refractivity contribution is 6.30. The molecular formula is C25H26ClNO2. The highest BCUT2D eigenvalue weighted by Crippen LogP contribution is 2.26. The number of nitrogens with zero attached hydrogens (tertiary/aromatic N) is 1. The van der Waals surface area contributed by atoms with Crippen molar-refractivity contribution >= 4 is 17.6 Å². The molecule has 0 bridgehead atoms. The molecule has 0 aliphatic rings. The van der Waals surface area contributed by atoms with E-state index in [-0.39, 0.29) is 0 Å². The second-order valence-corrected chi connectivity index (χ2v) is 7.67. The van der Waals surface area contributed by atoms with Crippen LogP contribution in [0.1, 0.15) is 41.3 Å². The third-order valence-electron chi connectivity index (χ3n) is 5.00. The molecule has 0 amide bonds. The Balaban J connectivity index is 1.83. The van der Waals surface area contributed by atoms with Crippen LogP contribution in [0.15, 0.2) is 72.8 Å². The second kappa shape index (κ2) is 10.2. The molecule has 0 aromatic heterocycles. The molecule has 0 radical (unpaired) electrons. The molecule has 3 nitrogen and oxygen atoms in total. The fourth-order valence-electron chi connectivity index (χ4n) is 3.42. The topological polar surface area (TPSA) is 40.5 Å². The fourth-order valence-corrected chi connectivity index (χ4v) is 3.54. The van der Waals surface area contributed by atoms with Crippen LogP contribution < -0.4 is 0 Å². The molecule has 3 aromatic rings. The smallest absolute Gasteiger partial charge is 0.335 e. The van der Waals surface area contributed by atoms with Crippen LogP contribution in [-0.2, 0) is 13.1 Å². The van der Waals surface area contributed by atoms with Gasteiger partial charge in [-0.25, -0.2) is 4.79 Å². The molecule has 150 valence electrons. The summed E-state index contributed by atoms with van der Waals surface area (Å²) in [5.74, 6) is -0.904. The summed E-state index contributed by atoms with van der Waals surface area (Å²) in [6, 6.07) is 23.5. The Bertz CT molecular complexity index is 936. The maximum atomic E-state index is 11.1. The molecule has 3 aromatic carbocycles. The minimum atomic E-state index is -0.904. The monoisotopic (exact) mass is 407 g/mol. The van der Waals surface area contributed by atoms with E-state index in [0.717, 1.165) is 48.6 Å². The molecule has 29 heavy (non-hydrogen) atoms. The normalized spacial score (nSPS) is 11.0. The van der Waals surface area contributed by atoms with Gasteiger partial charge in [0, 0.05) is 18.1 Å². The third kappa shape index (κ3) is 5.93. The average molecular weight is 408 g/mol. The molecule has 0 heterocycles. The minimum absolute atomic E-state index is 0.304. The van der Waals surface area contributed by atoms with Gasteiger partial charge in [-0.15, -0.1) is 0 Å². The largest absolute Gasteiger partial charge is 0.478 e. The van der Waals surface area contributed by atoms with Gasteiger partial charge >= 0.3 is 5.97 Å². The highest BCUT2D eigenvalue weighted by atomic mass is 35.5. The molecular weight excluding hydrogens is 382 g/mol. The summed E-state index contributed by atoms with van der Waals surface area (Å²) in [6.07, 6.45) is 2.29.